The van der Waals surface area contributed by atoms with Gasteiger partial charge in [-0.05, 0) is 18.9 Å². The number of ether oxygens (including phenoxy) is 3. The van der Waals surface area contributed by atoms with E-state index in [4.69, 9.17) is 25.7 Å². The molecule has 11 heteroatoms. The van der Waals surface area contributed by atoms with Gasteiger partial charge in [-0.25, -0.2) is 9.79 Å². The van der Waals surface area contributed by atoms with E-state index in [9.17, 15) is 19.8 Å². The minimum Gasteiger partial charge on any atom is -0.478 e. The van der Waals surface area contributed by atoms with Gasteiger partial charge in [0.15, 0.2) is 12.1 Å². The van der Waals surface area contributed by atoms with Crippen LogP contribution in [0.2, 0.25) is 0 Å². The first-order chi connectivity index (χ1) is 19.7. The maximum absolute atomic E-state index is 12.9. The molecular weight excluding hydrogens is 528 g/mol. The number of guanidine groups is 1. The molecule has 2 aliphatic rings. The van der Waals surface area contributed by atoms with Gasteiger partial charge in [-0.15, -0.1) is 0 Å². The van der Waals surface area contributed by atoms with Crippen molar-refractivity contribution in [1.29, 1.82) is 0 Å². The average molecular weight is 583 g/mol. The van der Waals surface area contributed by atoms with Crippen LogP contribution in [0.15, 0.2) is 16.8 Å². The van der Waals surface area contributed by atoms with Gasteiger partial charge in [0.05, 0.1) is 24.8 Å². The van der Waals surface area contributed by atoms with Crippen LogP contribution in [0.5, 0.6) is 0 Å². The predicted octanol–water partition coefficient (Wildman–Crippen LogP) is 2.95. The molecule has 0 aromatic rings. The average Bonchev–Trinajstić information content (AvgIpc) is 2.92. The highest BCUT2D eigenvalue weighted by Gasteiger charge is 2.48. The monoisotopic (exact) mass is 582 g/mol. The standard InChI is InChI=1S/C30H54N4O7/c1-3-4-5-6-7-8-9-10-11-12-13-14-15-16-18-40-29(38)24-20-22(34-30(31)32)25(33-21(2)35)27(41-24)28-26(37)23(36)17-19-39-28/h20,22-23,25-28,36-37H,3-19H2,1-2H3,(H,33,35)(H4,31,32,34)/t22-,23+,25+,26+,27+,28+/m0/s1. The first kappa shape index (κ1) is 34.8. The number of aliphatic hydroxyl groups is 2. The van der Waals surface area contributed by atoms with Gasteiger partial charge in [0.1, 0.15) is 12.2 Å². The van der Waals surface area contributed by atoms with E-state index in [2.05, 4.69) is 17.2 Å². The second-order valence-corrected chi connectivity index (χ2v) is 11.3. The smallest absolute Gasteiger partial charge is 0.373 e. The van der Waals surface area contributed by atoms with Crippen LogP contribution in [0.3, 0.4) is 0 Å². The van der Waals surface area contributed by atoms with Gasteiger partial charge in [-0.2, -0.15) is 0 Å². The molecule has 1 fully saturated rings. The van der Waals surface area contributed by atoms with Crippen molar-refractivity contribution in [2.45, 2.75) is 147 Å². The number of nitrogens with one attached hydrogen (secondary N) is 1. The summed E-state index contributed by atoms with van der Waals surface area (Å²) >= 11 is 0. The Morgan fingerprint density at radius 1 is 0.951 bits per heavy atom. The molecule has 2 aliphatic heterocycles. The summed E-state index contributed by atoms with van der Waals surface area (Å²) in [6, 6.07) is -1.73. The molecule has 11 nitrogen and oxygen atoms in total. The Balaban J connectivity index is 1.79. The molecular formula is C30H54N4O7. The Kier molecular flexibility index (Phi) is 16.7. The lowest BCUT2D eigenvalue weighted by molar-refractivity contribution is -0.186. The van der Waals surface area contributed by atoms with Gasteiger partial charge >= 0.3 is 5.97 Å². The number of amides is 1. The van der Waals surface area contributed by atoms with E-state index in [0.717, 1.165) is 19.3 Å². The van der Waals surface area contributed by atoms with Gasteiger partial charge in [-0.1, -0.05) is 90.4 Å². The van der Waals surface area contributed by atoms with Crippen molar-refractivity contribution in [3.05, 3.63) is 11.8 Å². The van der Waals surface area contributed by atoms with Crippen LogP contribution in [-0.4, -0.2) is 77.8 Å². The lowest BCUT2D eigenvalue weighted by Gasteiger charge is -2.43. The van der Waals surface area contributed by atoms with Crippen LogP contribution < -0.4 is 16.8 Å². The fourth-order valence-corrected chi connectivity index (χ4v) is 5.43. The molecule has 1 amide bonds. The quantitative estimate of drug-likeness (QED) is 0.0662. The van der Waals surface area contributed by atoms with E-state index in [0.29, 0.717) is 0 Å². The molecule has 0 aromatic carbocycles. The molecule has 7 N–H and O–H groups in total. The summed E-state index contributed by atoms with van der Waals surface area (Å²) in [5, 5.41) is 23.5. The maximum atomic E-state index is 12.9. The van der Waals surface area contributed by atoms with Crippen LogP contribution in [0, 0.1) is 0 Å². The van der Waals surface area contributed by atoms with Crippen molar-refractivity contribution < 1.29 is 34.0 Å². The third kappa shape index (κ3) is 13.0. The van der Waals surface area contributed by atoms with Crippen molar-refractivity contribution in [2.24, 2.45) is 16.5 Å². The van der Waals surface area contributed by atoms with E-state index in [1.807, 2.05) is 0 Å². The lowest BCUT2D eigenvalue weighted by Crippen LogP contribution is -2.62. The van der Waals surface area contributed by atoms with Crippen molar-refractivity contribution in [3.8, 4) is 0 Å². The molecule has 0 aromatic heterocycles. The fraction of sp³-hybridized carbons (Fsp3) is 0.833. The number of unbranched alkanes of at least 4 members (excludes halogenated alkanes) is 13. The van der Waals surface area contributed by atoms with E-state index >= 15 is 0 Å². The zero-order valence-corrected chi connectivity index (χ0v) is 25.1. The van der Waals surface area contributed by atoms with Gasteiger partial charge in [0.25, 0.3) is 0 Å². The van der Waals surface area contributed by atoms with Crippen LogP contribution in [-0.2, 0) is 23.8 Å². The Morgan fingerprint density at radius 2 is 1.51 bits per heavy atom. The first-order valence-electron chi connectivity index (χ1n) is 15.6. The summed E-state index contributed by atoms with van der Waals surface area (Å²) in [5.74, 6) is -1.45. The van der Waals surface area contributed by atoms with E-state index in [1.54, 1.807) is 0 Å². The summed E-state index contributed by atoms with van der Waals surface area (Å²) in [6.07, 6.45) is 14.5. The highest BCUT2D eigenvalue weighted by Crippen LogP contribution is 2.30. The molecule has 0 aliphatic carbocycles. The summed E-state index contributed by atoms with van der Waals surface area (Å²) in [4.78, 5) is 29.0. The van der Waals surface area contributed by atoms with E-state index < -0.39 is 42.5 Å². The van der Waals surface area contributed by atoms with Crippen LogP contribution >= 0.6 is 0 Å². The number of nitrogens with zero attached hydrogens (tertiary/aromatic N) is 1. The lowest BCUT2D eigenvalue weighted by atomic mass is 9.88. The topological polar surface area (TPSA) is 179 Å². The summed E-state index contributed by atoms with van der Waals surface area (Å²) in [5.41, 5.74) is 11.2. The molecule has 1 saturated heterocycles. The molecule has 41 heavy (non-hydrogen) atoms. The molecule has 0 saturated carbocycles. The van der Waals surface area contributed by atoms with Gasteiger partial charge in [0, 0.05) is 13.5 Å². The molecule has 2 rings (SSSR count). The zero-order valence-electron chi connectivity index (χ0n) is 25.1. The second kappa shape index (κ2) is 19.7. The third-order valence-corrected chi connectivity index (χ3v) is 7.69. The molecule has 2 heterocycles. The molecule has 0 radical (unpaired) electrons. The number of aliphatic imine (C=N–C) groups is 1. The highest BCUT2D eigenvalue weighted by atomic mass is 16.6. The summed E-state index contributed by atoms with van der Waals surface area (Å²) < 4.78 is 17.1. The SMILES string of the molecule is CCCCCCCCCCCCCCCCOC(=O)C1=C[C@H](N=C(N)N)[C@@H](NC(C)=O)[C@H]([C@@H]2OCC[C@@H](O)[C@H]2O)O1. The largest absolute Gasteiger partial charge is 0.478 e. The Morgan fingerprint density at radius 3 is 2.05 bits per heavy atom. The number of carbonyl (C=O) groups excluding carboxylic acids is 2. The van der Waals surface area contributed by atoms with Crippen molar-refractivity contribution in [1.82, 2.24) is 5.32 Å². The van der Waals surface area contributed by atoms with Crippen molar-refractivity contribution >= 4 is 17.8 Å². The molecule has 0 spiro atoms. The molecule has 0 bridgehead atoms. The number of nitrogens with two attached hydrogens (primary N) is 2. The highest BCUT2D eigenvalue weighted by molar-refractivity contribution is 5.87. The number of rotatable bonds is 19. The normalized spacial score (nSPS) is 26.0. The minimum atomic E-state index is -1.30. The fourth-order valence-electron chi connectivity index (χ4n) is 5.43. The maximum Gasteiger partial charge on any atom is 0.373 e. The van der Waals surface area contributed by atoms with Gasteiger partial charge in [-0.3, -0.25) is 4.79 Å². The first-order valence-corrected chi connectivity index (χ1v) is 15.6. The van der Waals surface area contributed by atoms with Crippen molar-refractivity contribution in [2.75, 3.05) is 13.2 Å². The predicted molar refractivity (Wildman–Crippen MR) is 158 cm³/mol. The number of aliphatic hydroxyl groups excluding tert-OH is 2. The number of esters is 1. The Bertz CT molecular complexity index is 834. The third-order valence-electron chi connectivity index (χ3n) is 7.69. The van der Waals surface area contributed by atoms with Gasteiger partial charge < -0.3 is 41.2 Å². The number of carbonyl (C=O) groups is 2. The van der Waals surface area contributed by atoms with Gasteiger partial charge in [0.2, 0.25) is 11.7 Å². The molecule has 236 valence electrons. The summed E-state index contributed by atoms with van der Waals surface area (Å²) in [6.45, 7) is 3.98. The van der Waals surface area contributed by atoms with Crippen molar-refractivity contribution in [3.63, 3.8) is 0 Å². The van der Waals surface area contributed by atoms with Crippen LogP contribution in [0.4, 0.5) is 0 Å². The summed E-state index contributed by atoms with van der Waals surface area (Å²) in [7, 11) is 0. The number of hydrogen-bond acceptors (Lipinski definition) is 8. The number of hydrogen-bond donors (Lipinski definition) is 5. The zero-order chi connectivity index (χ0) is 30.0. The van der Waals surface area contributed by atoms with Crippen LogP contribution in [0.1, 0.15) is 110 Å². The van der Waals surface area contributed by atoms with E-state index in [-0.39, 0.29) is 37.3 Å². The van der Waals surface area contributed by atoms with E-state index in [1.165, 1.54) is 83.6 Å². The van der Waals surface area contributed by atoms with Crippen LogP contribution in [0.25, 0.3) is 0 Å². The minimum absolute atomic E-state index is 0.132. The molecule has 0 unspecified atom stereocenters. The molecule has 6 atom stereocenters. The second-order valence-electron chi connectivity index (χ2n) is 11.3. The Hall–Kier alpha value is -2.37. The Labute approximate surface area is 245 Å².